The Labute approximate surface area is 168 Å². The van der Waals surface area contributed by atoms with E-state index in [0.29, 0.717) is 0 Å². The minimum absolute atomic E-state index is 0.858. The molecule has 0 saturated carbocycles. The standard InChI is InChI=1S/C24H30N4/c25-13-19-1-5-21(6-2-19)15-27-17-23-9-11-24(12-10-23)18-28-16-22-7-3-20(14-26)4-8-22/h1-12,27-28H,13-18,25-26H2/p+4. The number of rotatable bonds is 10. The first-order chi connectivity index (χ1) is 13.8. The zero-order chi connectivity index (χ0) is 19.6. The fraction of sp³-hybridized carbons (Fsp3) is 0.250. The molecule has 0 fully saturated rings. The Hall–Kier alpha value is -2.50. The summed E-state index contributed by atoms with van der Waals surface area (Å²) in [5.74, 6) is 0. The van der Waals surface area contributed by atoms with Gasteiger partial charge >= 0.3 is 0 Å². The van der Waals surface area contributed by atoms with E-state index < -0.39 is 0 Å². The van der Waals surface area contributed by atoms with Gasteiger partial charge in [0.05, 0.1) is 13.1 Å². The molecule has 146 valence electrons. The molecule has 4 nitrogen and oxygen atoms in total. The lowest BCUT2D eigenvalue weighted by molar-refractivity contribution is -0.686. The van der Waals surface area contributed by atoms with Gasteiger partial charge in [-0.2, -0.15) is 0 Å². The number of hydrogen-bond donors (Lipinski definition) is 4. The second-order valence-electron chi connectivity index (χ2n) is 7.34. The highest BCUT2D eigenvalue weighted by molar-refractivity contribution is 5.23. The molecule has 0 saturated heterocycles. The van der Waals surface area contributed by atoms with Crippen LogP contribution in [0.1, 0.15) is 33.4 Å². The second-order valence-corrected chi connectivity index (χ2v) is 7.34. The third-order valence-corrected chi connectivity index (χ3v) is 5.17. The lowest BCUT2D eigenvalue weighted by Crippen LogP contribution is -2.81. The van der Waals surface area contributed by atoms with E-state index in [4.69, 9.17) is 0 Å². The Morgan fingerprint density at radius 1 is 0.393 bits per heavy atom. The molecule has 3 aromatic rings. The van der Waals surface area contributed by atoms with Gasteiger partial charge in [0.1, 0.15) is 26.2 Å². The largest absolute Gasteiger partial charge is 0.354 e. The van der Waals surface area contributed by atoms with Gasteiger partial charge in [0.2, 0.25) is 0 Å². The van der Waals surface area contributed by atoms with Gasteiger partial charge in [-0.05, 0) is 0 Å². The van der Waals surface area contributed by atoms with E-state index >= 15 is 0 Å². The molecule has 0 heterocycles. The summed E-state index contributed by atoms with van der Waals surface area (Å²) in [5, 5.41) is 4.71. The molecule has 0 spiro atoms. The summed E-state index contributed by atoms with van der Waals surface area (Å²) in [5.41, 5.74) is 15.9. The fourth-order valence-corrected chi connectivity index (χ4v) is 3.31. The van der Waals surface area contributed by atoms with E-state index in [2.05, 4.69) is 94.9 Å². The average Bonchev–Trinajstić information content (AvgIpc) is 2.76. The molecular formula is C24H34N4+4. The van der Waals surface area contributed by atoms with Gasteiger partial charge < -0.3 is 22.1 Å². The molecule has 0 radical (unpaired) electrons. The van der Waals surface area contributed by atoms with E-state index in [1.165, 1.54) is 33.4 Å². The highest BCUT2D eigenvalue weighted by Gasteiger charge is 2.02. The summed E-state index contributed by atoms with van der Waals surface area (Å²) >= 11 is 0. The zero-order valence-corrected chi connectivity index (χ0v) is 16.7. The molecular weight excluding hydrogens is 344 g/mol. The first-order valence-electron chi connectivity index (χ1n) is 10.2. The maximum atomic E-state index is 3.92. The Bertz CT molecular complexity index is 751. The van der Waals surface area contributed by atoms with Crippen LogP contribution in [-0.2, 0) is 39.3 Å². The SMILES string of the molecule is [NH3+]Cc1ccc(C[NH2+]Cc2ccc(C[NH2+]Cc3ccc(C[NH3+])cc3)cc2)cc1. The lowest BCUT2D eigenvalue weighted by Gasteiger charge is -2.06. The first kappa shape index (κ1) is 20.2. The van der Waals surface area contributed by atoms with Gasteiger partial charge in [-0.25, -0.2) is 0 Å². The Balaban J connectivity index is 1.38. The summed E-state index contributed by atoms with van der Waals surface area (Å²) < 4.78 is 0. The van der Waals surface area contributed by atoms with Crippen molar-refractivity contribution < 1.29 is 22.1 Å². The molecule has 0 amide bonds. The van der Waals surface area contributed by atoms with Crippen molar-refractivity contribution in [3.63, 3.8) is 0 Å². The molecule has 0 aliphatic carbocycles. The first-order valence-corrected chi connectivity index (χ1v) is 10.2. The monoisotopic (exact) mass is 378 g/mol. The maximum Gasteiger partial charge on any atom is 0.101 e. The third kappa shape index (κ3) is 6.29. The van der Waals surface area contributed by atoms with Gasteiger partial charge in [-0.3, -0.25) is 0 Å². The Morgan fingerprint density at radius 2 is 0.607 bits per heavy atom. The Kier molecular flexibility index (Phi) is 7.76. The van der Waals surface area contributed by atoms with Crippen molar-refractivity contribution in [2.45, 2.75) is 39.3 Å². The van der Waals surface area contributed by atoms with Crippen LogP contribution < -0.4 is 22.1 Å². The van der Waals surface area contributed by atoms with Crippen molar-refractivity contribution in [2.75, 3.05) is 0 Å². The quantitative estimate of drug-likeness (QED) is 0.373. The predicted molar refractivity (Wildman–Crippen MR) is 111 cm³/mol. The van der Waals surface area contributed by atoms with Crippen LogP contribution in [-0.4, -0.2) is 0 Å². The highest BCUT2D eigenvalue weighted by Crippen LogP contribution is 2.04. The summed E-state index contributed by atoms with van der Waals surface area (Å²) in [6, 6.07) is 26.6. The van der Waals surface area contributed by atoms with Crippen molar-refractivity contribution in [1.29, 1.82) is 0 Å². The van der Waals surface area contributed by atoms with Crippen LogP contribution in [0.15, 0.2) is 72.8 Å². The number of nitrogens with two attached hydrogens (primary N) is 2. The topological polar surface area (TPSA) is 88.5 Å². The van der Waals surface area contributed by atoms with E-state index in [1.54, 1.807) is 0 Å². The molecule has 0 unspecified atom stereocenters. The molecule has 0 bridgehead atoms. The van der Waals surface area contributed by atoms with Gasteiger partial charge in [-0.1, -0.05) is 72.8 Å². The van der Waals surface area contributed by atoms with E-state index in [9.17, 15) is 0 Å². The van der Waals surface area contributed by atoms with E-state index in [-0.39, 0.29) is 0 Å². The highest BCUT2D eigenvalue weighted by atomic mass is 14.9. The summed E-state index contributed by atoms with van der Waals surface area (Å²) in [6.07, 6.45) is 0. The molecule has 0 atom stereocenters. The summed E-state index contributed by atoms with van der Waals surface area (Å²) in [7, 11) is 0. The van der Waals surface area contributed by atoms with Crippen molar-refractivity contribution in [3.8, 4) is 0 Å². The lowest BCUT2D eigenvalue weighted by atomic mass is 10.1. The van der Waals surface area contributed by atoms with Crippen LogP contribution in [0.3, 0.4) is 0 Å². The molecule has 28 heavy (non-hydrogen) atoms. The molecule has 4 heteroatoms. The summed E-state index contributed by atoms with van der Waals surface area (Å²) in [6.45, 7) is 5.77. The molecule has 0 aliphatic heterocycles. The molecule has 3 rings (SSSR count). The van der Waals surface area contributed by atoms with Crippen molar-refractivity contribution in [1.82, 2.24) is 0 Å². The number of quaternary nitrogens is 4. The fourth-order valence-electron chi connectivity index (χ4n) is 3.31. The van der Waals surface area contributed by atoms with Crippen LogP contribution in [0.4, 0.5) is 0 Å². The second kappa shape index (κ2) is 10.7. The number of hydrogen-bond acceptors (Lipinski definition) is 0. The normalized spacial score (nSPS) is 10.9. The van der Waals surface area contributed by atoms with Gasteiger partial charge in [0.25, 0.3) is 0 Å². The van der Waals surface area contributed by atoms with E-state index in [1.807, 2.05) is 0 Å². The third-order valence-electron chi connectivity index (χ3n) is 5.17. The van der Waals surface area contributed by atoms with Crippen molar-refractivity contribution in [2.24, 2.45) is 0 Å². The van der Waals surface area contributed by atoms with Crippen LogP contribution in [0.2, 0.25) is 0 Å². The molecule has 0 aliphatic rings. The average molecular weight is 379 g/mol. The van der Waals surface area contributed by atoms with Gasteiger partial charge in [-0.15, -0.1) is 0 Å². The van der Waals surface area contributed by atoms with Crippen molar-refractivity contribution >= 4 is 0 Å². The molecule has 0 aromatic heterocycles. The van der Waals surface area contributed by atoms with Gasteiger partial charge in [0.15, 0.2) is 0 Å². The van der Waals surface area contributed by atoms with Crippen LogP contribution in [0.5, 0.6) is 0 Å². The van der Waals surface area contributed by atoms with Crippen LogP contribution in [0.25, 0.3) is 0 Å². The zero-order valence-electron chi connectivity index (χ0n) is 16.7. The molecule has 3 aromatic carbocycles. The smallest absolute Gasteiger partial charge is 0.101 e. The van der Waals surface area contributed by atoms with Crippen molar-refractivity contribution in [3.05, 3.63) is 106 Å². The minimum atomic E-state index is 0.858. The minimum Gasteiger partial charge on any atom is -0.354 e. The van der Waals surface area contributed by atoms with E-state index in [0.717, 1.165) is 39.3 Å². The van der Waals surface area contributed by atoms with Gasteiger partial charge in [0, 0.05) is 33.4 Å². The van der Waals surface area contributed by atoms with Crippen LogP contribution >= 0.6 is 0 Å². The Morgan fingerprint density at radius 3 is 0.821 bits per heavy atom. The van der Waals surface area contributed by atoms with Crippen LogP contribution in [0, 0.1) is 0 Å². The molecule has 10 N–H and O–H groups in total. The summed E-state index contributed by atoms with van der Waals surface area (Å²) in [4.78, 5) is 0. The predicted octanol–water partition coefficient (Wildman–Crippen LogP) is -0.302. The number of benzene rings is 3. The maximum absolute atomic E-state index is 3.92.